The first-order chi connectivity index (χ1) is 8.86. The van der Waals surface area contributed by atoms with Crippen molar-refractivity contribution >= 4 is 5.65 Å². The van der Waals surface area contributed by atoms with Gasteiger partial charge in [0.1, 0.15) is 5.65 Å². The Labute approximate surface area is 107 Å². The lowest BCUT2D eigenvalue weighted by atomic mass is 10.2. The molecule has 0 aliphatic rings. The highest BCUT2D eigenvalue weighted by molar-refractivity contribution is 5.65. The smallest absolute Gasteiger partial charge is 0.137 e. The van der Waals surface area contributed by atoms with Crippen LogP contribution in [0.2, 0.25) is 0 Å². The normalized spacial score (nSPS) is 9.94. The molecule has 3 nitrogen and oxygen atoms in total. The molecule has 0 fully saturated rings. The Morgan fingerprint density at radius 3 is 2.39 bits per heavy atom. The topological polar surface area (TPSA) is 30.2 Å². The zero-order chi connectivity index (χ0) is 13.0. The summed E-state index contributed by atoms with van der Waals surface area (Å²) in [6, 6.07) is 9.98. The highest BCUT2D eigenvalue weighted by atomic mass is 15.0. The lowest BCUT2D eigenvalue weighted by molar-refractivity contribution is 1.11. The van der Waals surface area contributed by atoms with Crippen molar-refractivity contribution in [3.8, 4) is 11.3 Å². The van der Waals surface area contributed by atoms with E-state index in [2.05, 4.69) is 21.3 Å². The molecule has 0 amide bonds. The number of pyridine rings is 2. The molecule has 0 aliphatic carbocycles. The molecule has 0 spiro atoms. The summed E-state index contributed by atoms with van der Waals surface area (Å²) in [7, 11) is 0. The Kier molecular flexibility index (Phi) is 3.72. The van der Waals surface area contributed by atoms with Gasteiger partial charge in [0, 0.05) is 29.8 Å². The predicted octanol–water partition coefficient (Wildman–Crippen LogP) is 3.73. The van der Waals surface area contributed by atoms with Gasteiger partial charge in [0.15, 0.2) is 0 Å². The quantitative estimate of drug-likeness (QED) is 0.647. The molecule has 0 bridgehead atoms. The Bertz CT molecular complexity index is 627. The lowest BCUT2D eigenvalue weighted by Gasteiger charge is -1.97. The molecular weight excluding hydrogens is 222 g/mol. The van der Waals surface area contributed by atoms with E-state index >= 15 is 0 Å². The van der Waals surface area contributed by atoms with E-state index in [-0.39, 0.29) is 0 Å². The summed E-state index contributed by atoms with van der Waals surface area (Å²) in [5.41, 5.74) is 4.26. The summed E-state index contributed by atoms with van der Waals surface area (Å²) in [4.78, 5) is 8.64. The second kappa shape index (κ2) is 5.45. The van der Waals surface area contributed by atoms with Crippen molar-refractivity contribution in [2.24, 2.45) is 0 Å². The third-order valence-corrected chi connectivity index (χ3v) is 2.72. The van der Waals surface area contributed by atoms with Crippen LogP contribution in [0.1, 0.15) is 19.5 Å². The second-order valence-electron chi connectivity index (χ2n) is 3.71. The maximum Gasteiger partial charge on any atom is 0.137 e. The van der Waals surface area contributed by atoms with Gasteiger partial charge < -0.3 is 4.40 Å². The van der Waals surface area contributed by atoms with Crippen LogP contribution in [0.3, 0.4) is 0 Å². The molecule has 0 saturated heterocycles. The van der Waals surface area contributed by atoms with Crippen molar-refractivity contribution < 1.29 is 0 Å². The third-order valence-electron chi connectivity index (χ3n) is 2.72. The fourth-order valence-electron chi connectivity index (χ4n) is 1.90. The number of fused-ring (bicyclic) bond motifs is 1. The highest BCUT2D eigenvalue weighted by Crippen LogP contribution is 2.22. The van der Waals surface area contributed by atoms with E-state index in [1.54, 1.807) is 12.4 Å². The van der Waals surface area contributed by atoms with Crippen LogP contribution in [-0.2, 0) is 0 Å². The van der Waals surface area contributed by atoms with Crippen LogP contribution >= 0.6 is 0 Å². The predicted molar refractivity (Wildman–Crippen MR) is 74.5 cm³/mol. The number of aryl methyl sites for hydroxylation is 1. The van der Waals surface area contributed by atoms with Crippen LogP contribution in [0.4, 0.5) is 0 Å². The number of rotatable bonds is 1. The molecule has 0 unspecified atom stereocenters. The largest absolute Gasteiger partial charge is 0.304 e. The molecule has 0 N–H and O–H groups in total. The molecule has 3 rings (SSSR count). The Hall–Kier alpha value is -2.16. The molecule has 92 valence electrons. The van der Waals surface area contributed by atoms with E-state index in [4.69, 9.17) is 0 Å². The minimum Gasteiger partial charge on any atom is -0.304 e. The highest BCUT2D eigenvalue weighted by Gasteiger charge is 2.08. The molecular formula is C15H17N3. The van der Waals surface area contributed by atoms with E-state index in [1.165, 1.54) is 0 Å². The van der Waals surface area contributed by atoms with Crippen molar-refractivity contribution in [3.63, 3.8) is 0 Å². The average molecular weight is 239 g/mol. The van der Waals surface area contributed by atoms with Gasteiger partial charge in [-0.2, -0.15) is 0 Å². The van der Waals surface area contributed by atoms with Crippen molar-refractivity contribution in [2.45, 2.75) is 20.8 Å². The average Bonchev–Trinajstić information content (AvgIpc) is 2.80. The maximum absolute atomic E-state index is 4.62. The standard InChI is InChI=1S/C13H11N3.C2H6/c1-10-13(11-5-7-14-8-6-11)15-12-4-2-3-9-16(10)12;1-2/h2-9H,1H3;1-2H3. The summed E-state index contributed by atoms with van der Waals surface area (Å²) in [6.07, 6.45) is 5.61. The van der Waals surface area contributed by atoms with Crippen LogP contribution < -0.4 is 0 Å². The van der Waals surface area contributed by atoms with Crippen LogP contribution in [-0.4, -0.2) is 14.4 Å². The number of aromatic nitrogens is 3. The number of imidazole rings is 1. The van der Waals surface area contributed by atoms with Crippen molar-refractivity contribution in [2.75, 3.05) is 0 Å². The summed E-state index contributed by atoms with van der Waals surface area (Å²) >= 11 is 0. The van der Waals surface area contributed by atoms with Crippen molar-refractivity contribution in [1.29, 1.82) is 0 Å². The van der Waals surface area contributed by atoms with E-state index < -0.39 is 0 Å². The molecule has 3 aromatic heterocycles. The Morgan fingerprint density at radius 1 is 1.00 bits per heavy atom. The van der Waals surface area contributed by atoms with Gasteiger partial charge in [-0.25, -0.2) is 4.98 Å². The fraction of sp³-hybridized carbons (Fsp3) is 0.200. The molecule has 0 radical (unpaired) electrons. The Balaban J connectivity index is 0.000000574. The van der Waals surface area contributed by atoms with Gasteiger partial charge in [-0.3, -0.25) is 4.98 Å². The van der Waals surface area contributed by atoms with E-state index in [0.717, 1.165) is 22.6 Å². The number of hydrogen-bond acceptors (Lipinski definition) is 2. The summed E-state index contributed by atoms with van der Waals surface area (Å²) in [5, 5.41) is 0. The molecule has 18 heavy (non-hydrogen) atoms. The lowest BCUT2D eigenvalue weighted by Crippen LogP contribution is -1.86. The zero-order valence-electron chi connectivity index (χ0n) is 11.0. The van der Waals surface area contributed by atoms with Crippen molar-refractivity contribution in [3.05, 3.63) is 54.6 Å². The fourth-order valence-corrected chi connectivity index (χ4v) is 1.90. The molecule has 0 aliphatic heterocycles. The monoisotopic (exact) mass is 239 g/mol. The molecule has 3 aromatic rings. The number of hydrogen-bond donors (Lipinski definition) is 0. The summed E-state index contributed by atoms with van der Waals surface area (Å²) in [5.74, 6) is 0. The third kappa shape index (κ3) is 2.12. The van der Waals surface area contributed by atoms with Gasteiger partial charge >= 0.3 is 0 Å². The minimum absolute atomic E-state index is 0.979. The van der Waals surface area contributed by atoms with Gasteiger partial charge in [-0.05, 0) is 31.2 Å². The van der Waals surface area contributed by atoms with Gasteiger partial charge in [-0.1, -0.05) is 19.9 Å². The second-order valence-corrected chi connectivity index (χ2v) is 3.71. The number of nitrogens with zero attached hydrogens (tertiary/aromatic N) is 3. The van der Waals surface area contributed by atoms with E-state index in [0.29, 0.717) is 0 Å². The molecule has 0 atom stereocenters. The van der Waals surface area contributed by atoms with Crippen LogP contribution in [0.5, 0.6) is 0 Å². The van der Waals surface area contributed by atoms with Crippen LogP contribution in [0.25, 0.3) is 16.9 Å². The van der Waals surface area contributed by atoms with E-state index in [9.17, 15) is 0 Å². The SMILES string of the molecule is CC.Cc1c(-c2ccncc2)nc2ccccn12. The van der Waals surface area contributed by atoms with Crippen LogP contribution in [0.15, 0.2) is 48.9 Å². The van der Waals surface area contributed by atoms with Gasteiger partial charge in [0.05, 0.1) is 5.69 Å². The van der Waals surface area contributed by atoms with E-state index in [1.807, 2.05) is 50.4 Å². The first kappa shape index (κ1) is 12.3. The molecule has 3 heteroatoms. The maximum atomic E-state index is 4.62. The first-order valence-electron chi connectivity index (χ1n) is 6.20. The minimum atomic E-state index is 0.979. The molecule has 0 saturated carbocycles. The van der Waals surface area contributed by atoms with Gasteiger partial charge in [0.2, 0.25) is 0 Å². The molecule has 3 heterocycles. The summed E-state index contributed by atoms with van der Waals surface area (Å²) < 4.78 is 2.09. The molecule has 0 aromatic carbocycles. The van der Waals surface area contributed by atoms with Crippen molar-refractivity contribution in [1.82, 2.24) is 14.4 Å². The summed E-state index contributed by atoms with van der Waals surface area (Å²) in [6.45, 7) is 6.08. The Morgan fingerprint density at radius 2 is 1.72 bits per heavy atom. The first-order valence-corrected chi connectivity index (χ1v) is 6.20. The van der Waals surface area contributed by atoms with Gasteiger partial charge in [0.25, 0.3) is 0 Å². The van der Waals surface area contributed by atoms with Gasteiger partial charge in [-0.15, -0.1) is 0 Å². The zero-order valence-corrected chi connectivity index (χ0v) is 11.0. The van der Waals surface area contributed by atoms with Crippen LogP contribution in [0, 0.1) is 6.92 Å².